The molecule has 3 aromatic rings. The van der Waals surface area contributed by atoms with Crippen LogP contribution in [-0.4, -0.2) is 34.5 Å². The van der Waals surface area contributed by atoms with Crippen molar-refractivity contribution in [3.05, 3.63) is 118 Å². The molecule has 1 aromatic heterocycles. The van der Waals surface area contributed by atoms with Crippen LogP contribution in [0.5, 0.6) is 0 Å². The topological polar surface area (TPSA) is 50.3 Å². The van der Waals surface area contributed by atoms with E-state index in [4.69, 9.17) is 4.98 Å². The molecule has 0 fully saturated rings. The number of fused-ring (bicyclic) bond motifs is 4. The first-order chi connectivity index (χ1) is 16.2. The zero-order chi connectivity index (χ0) is 22.1. The van der Waals surface area contributed by atoms with Gasteiger partial charge in [0.05, 0.1) is 16.8 Å². The Kier molecular flexibility index (Phi) is 3.77. The molecule has 0 saturated heterocycles. The van der Waals surface area contributed by atoms with Gasteiger partial charge in [-0.2, -0.15) is 0 Å². The first-order valence-electron chi connectivity index (χ1n) is 11.3. The summed E-state index contributed by atoms with van der Waals surface area (Å²) in [4.78, 5) is 32.8. The van der Waals surface area contributed by atoms with Crippen LogP contribution in [0.1, 0.15) is 38.4 Å². The van der Waals surface area contributed by atoms with Crippen LogP contribution >= 0.6 is 0 Å². The smallest absolute Gasteiger partial charge is 0.197 e. The first kappa shape index (κ1) is 18.5. The Labute approximate surface area is 191 Å². The molecule has 1 aliphatic heterocycles. The normalized spacial score (nSPS) is 18.7. The molecule has 0 bridgehead atoms. The quantitative estimate of drug-likeness (QED) is 0.422. The van der Waals surface area contributed by atoms with Gasteiger partial charge in [-0.05, 0) is 53.0 Å². The Morgan fingerprint density at radius 2 is 1.61 bits per heavy atom. The van der Waals surface area contributed by atoms with Crippen molar-refractivity contribution in [3.63, 3.8) is 0 Å². The van der Waals surface area contributed by atoms with E-state index in [-0.39, 0.29) is 17.1 Å². The number of carbonyl (C=O) groups excluding carboxylic acids is 2. The number of allylic oxidation sites excluding steroid dienone is 5. The van der Waals surface area contributed by atoms with Crippen LogP contribution in [0.15, 0.2) is 95.2 Å². The van der Waals surface area contributed by atoms with Crippen LogP contribution in [-0.2, 0) is 6.42 Å². The van der Waals surface area contributed by atoms with Gasteiger partial charge in [0.1, 0.15) is 0 Å². The van der Waals surface area contributed by atoms with Gasteiger partial charge >= 0.3 is 0 Å². The van der Waals surface area contributed by atoms with Crippen molar-refractivity contribution < 1.29 is 9.59 Å². The van der Waals surface area contributed by atoms with Crippen LogP contribution in [0.2, 0.25) is 0 Å². The molecule has 0 unspecified atom stereocenters. The van der Waals surface area contributed by atoms with Gasteiger partial charge < -0.3 is 4.90 Å². The summed E-state index contributed by atoms with van der Waals surface area (Å²) >= 11 is 0. The fourth-order valence-corrected chi connectivity index (χ4v) is 5.51. The van der Waals surface area contributed by atoms with Gasteiger partial charge in [-0.3, -0.25) is 9.59 Å². The Bertz CT molecular complexity index is 1510. The molecular formula is C29H20N2O2. The lowest BCUT2D eigenvalue weighted by Crippen LogP contribution is -2.21. The van der Waals surface area contributed by atoms with E-state index in [9.17, 15) is 9.59 Å². The third-order valence-corrected chi connectivity index (χ3v) is 7.17. The Morgan fingerprint density at radius 1 is 0.848 bits per heavy atom. The number of Topliss-reactive ketones (excluding diaryl/α,β-unsaturated/α-hetero) is 2. The van der Waals surface area contributed by atoms with Crippen LogP contribution in [0.4, 0.5) is 0 Å². The fourth-order valence-electron chi connectivity index (χ4n) is 5.51. The molecular weight excluding hydrogens is 408 g/mol. The fraction of sp³-hybridized carbons (Fsp3) is 0.138. The van der Waals surface area contributed by atoms with Crippen LogP contribution in [0.3, 0.4) is 0 Å². The standard InChI is InChI=1S/C29H20N2O2/c32-28-22-6-2-3-7-23(22)29(33)24(28)12-17-9-10-21(11-17)31-15-20-14-19-13-18-5-1-4-8-26(18)30-27(19)25(20)16-31/h1-10,12-13H,11,14-16H2. The second-order valence-electron chi connectivity index (χ2n) is 9.14. The van der Waals surface area contributed by atoms with Crippen LogP contribution in [0.25, 0.3) is 16.5 Å². The van der Waals surface area contributed by atoms with Gasteiger partial charge in [-0.1, -0.05) is 48.5 Å². The molecule has 4 nitrogen and oxygen atoms in total. The molecule has 0 spiro atoms. The number of pyridine rings is 1. The summed E-state index contributed by atoms with van der Waals surface area (Å²) in [7, 11) is 0. The highest BCUT2D eigenvalue weighted by molar-refractivity contribution is 6.39. The second kappa shape index (κ2) is 6.72. The first-order valence-corrected chi connectivity index (χ1v) is 11.3. The van der Waals surface area contributed by atoms with Crippen molar-refractivity contribution in [1.82, 2.24) is 9.88 Å². The maximum Gasteiger partial charge on any atom is 0.197 e. The number of nitrogens with zero attached hydrogens (tertiary/aromatic N) is 2. The van der Waals surface area contributed by atoms with Crippen molar-refractivity contribution in [2.24, 2.45) is 0 Å². The molecule has 2 aromatic carbocycles. The Balaban J connectivity index is 1.09. The molecule has 0 saturated carbocycles. The van der Waals surface area contributed by atoms with Crippen LogP contribution < -0.4 is 0 Å². The minimum Gasteiger partial charge on any atom is -0.366 e. The lowest BCUT2D eigenvalue weighted by Gasteiger charge is -2.22. The van der Waals surface area contributed by atoms with E-state index < -0.39 is 0 Å². The average Bonchev–Trinajstić information content (AvgIpc) is 3.58. The Morgan fingerprint density at radius 3 is 2.42 bits per heavy atom. The van der Waals surface area contributed by atoms with Crippen molar-refractivity contribution in [2.75, 3.05) is 13.1 Å². The number of hydrogen-bond donors (Lipinski definition) is 0. The van der Waals surface area contributed by atoms with Crippen molar-refractivity contribution in [1.29, 1.82) is 0 Å². The molecule has 33 heavy (non-hydrogen) atoms. The summed E-state index contributed by atoms with van der Waals surface area (Å²) in [5, 5.41) is 1.20. The molecule has 3 aliphatic carbocycles. The number of aromatic nitrogens is 1. The number of hydrogen-bond acceptors (Lipinski definition) is 4. The number of benzene rings is 2. The highest BCUT2D eigenvalue weighted by atomic mass is 16.2. The zero-order valence-electron chi connectivity index (χ0n) is 18.0. The van der Waals surface area contributed by atoms with Gasteiger partial charge in [0.15, 0.2) is 11.6 Å². The summed E-state index contributed by atoms with van der Waals surface area (Å²) in [5.74, 6) is -0.330. The Hall–Kier alpha value is -4.05. The van der Waals surface area contributed by atoms with E-state index in [1.807, 2.05) is 12.1 Å². The summed E-state index contributed by atoms with van der Waals surface area (Å²) < 4.78 is 0. The molecule has 7 rings (SSSR count). The predicted octanol–water partition coefficient (Wildman–Crippen LogP) is 5.08. The van der Waals surface area contributed by atoms with Crippen LogP contribution in [0, 0.1) is 0 Å². The molecule has 0 amide bonds. The van der Waals surface area contributed by atoms with Gasteiger partial charge in [0, 0.05) is 41.7 Å². The molecule has 4 heteroatoms. The zero-order valence-corrected chi connectivity index (χ0v) is 18.0. The summed E-state index contributed by atoms with van der Waals surface area (Å²) in [6.07, 6.45) is 7.65. The highest BCUT2D eigenvalue weighted by Gasteiger charge is 2.34. The second-order valence-corrected chi connectivity index (χ2v) is 9.14. The third-order valence-electron chi connectivity index (χ3n) is 7.17. The van der Waals surface area contributed by atoms with Gasteiger partial charge in [0.2, 0.25) is 0 Å². The summed E-state index contributed by atoms with van der Waals surface area (Å²) in [6, 6.07) is 17.7. The third kappa shape index (κ3) is 2.74. The van der Waals surface area contributed by atoms with Crippen molar-refractivity contribution in [2.45, 2.75) is 12.8 Å². The van der Waals surface area contributed by atoms with Crippen molar-refractivity contribution in [3.8, 4) is 0 Å². The lowest BCUT2D eigenvalue weighted by atomic mass is 10.1. The largest absolute Gasteiger partial charge is 0.366 e. The summed E-state index contributed by atoms with van der Waals surface area (Å²) in [6.45, 7) is 1.77. The minimum absolute atomic E-state index is 0.165. The van der Waals surface area contributed by atoms with E-state index in [0.29, 0.717) is 11.1 Å². The summed E-state index contributed by atoms with van der Waals surface area (Å²) in [5.41, 5.74) is 9.89. The average molecular weight is 428 g/mol. The SMILES string of the molecule is O=C1C(=CC2=CC=C(N3CC4=C(C3)c3nc5ccccc5cc3C4)C2)C(=O)c2ccccc21. The predicted molar refractivity (Wildman–Crippen MR) is 128 cm³/mol. The van der Waals surface area contributed by atoms with E-state index in [1.165, 1.54) is 27.8 Å². The van der Waals surface area contributed by atoms with Gasteiger partial charge in [-0.15, -0.1) is 0 Å². The molecule has 0 atom stereocenters. The molecule has 2 heterocycles. The van der Waals surface area contributed by atoms with Gasteiger partial charge in [0.25, 0.3) is 0 Å². The van der Waals surface area contributed by atoms with E-state index in [0.717, 1.165) is 42.7 Å². The lowest BCUT2D eigenvalue weighted by molar-refractivity contribution is 0.0988. The molecule has 4 aliphatic rings. The van der Waals surface area contributed by atoms with Crippen molar-refractivity contribution >= 4 is 28.0 Å². The number of carbonyl (C=O) groups is 2. The maximum atomic E-state index is 12.7. The van der Waals surface area contributed by atoms with E-state index in [1.54, 1.807) is 30.3 Å². The van der Waals surface area contributed by atoms with E-state index >= 15 is 0 Å². The molecule has 158 valence electrons. The number of para-hydroxylation sites is 1. The highest BCUT2D eigenvalue weighted by Crippen LogP contribution is 2.41. The van der Waals surface area contributed by atoms with E-state index in [2.05, 4.69) is 35.2 Å². The minimum atomic E-state index is -0.165. The van der Waals surface area contributed by atoms with Gasteiger partial charge in [-0.25, -0.2) is 4.98 Å². The number of ketones is 2. The maximum absolute atomic E-state index is 12.7. The number of rotatable bonds is 2. The molecule has 0 N–H and O–H groups in total. The monoisotopic (exact) mass is 428 g/mol. The molecule has 0 radical (unpaired) electrons.